The number of nitriles is 1. The van der Waals surface area contributed by atoms with Gasteiger partial charge < -0.3 is 9.84 Å². The summed E-state index contributed by atoms with van der Waals surface area (Å²) < 4.78 is 5.81. The van der Waals surface area contributed by atoms with Gasteiger partial charge in [-0.15, -0.1) is 0 Å². The van der Waals surface area contributed by atoms with Crippen LogP contribution in [0.15, 0.2) is 0 Å². The van der Waals surface area contributed by atoms with E-state index in [9.17, 15) is 10.4 Å². The summed E-state index contributed by atoms with van der Waals surface area (Å²) in [7, 11) is 0. The molecular weight excluding hydrogens is 262 g/mol. The molecule has 120 valence electrons. The van der Waals surface area contributed by atoms with Gasteiger partial charge in [0, 0.05) is 19.4 Å². The highest BCUT2D eigenvalue weighted by atomic mass is 16.5. The van der Waals surface area contributed by atoms with Gasteiger partial charge >= 0.3 is 0 Å². The van der Waals surface area contributed by atoms with Gasteiger partial charge in [-0.3, -0.25) is 0 Å². The SMILES string of the molecule is CC(C)C1CCC(C#N)(C2(O)CCOC(C(C)C)C2)CC1. The van der Waals surface area contributed by atoms with Gasteiger partial charge in [0.25, 0.3) is 0 Å². The molecule has 0 spiro atoms. The predicted molar refractivity (Wildman–Crippen MR) is 83.6 cm³/mol. The van der Waals surface area contributed by atoms with Crippen molar-refractivity contribution in [3.05, 3.63) is 0 Å². The molecule has 0 amide bonds. The first-order valence-electron chi connectivity index (χ1n) is 8.59. The van der Waals surface area contributed by atoms with Crippen molar-refractivity contribution < 1.29 is 9.84 Å². The maximum atomic E-state index is 11.3. The number of nitrogens with zero attached hydrogens (tertiary/aromatic N) is 1. The summed E-state index contributed by atoms with van der Waals surface area (Å²) >= 11 is 0. The topological polar surface area (TPSA) is 53.2 Å². The molecule has 3 heteroatoms. The van der Waals surface area contributed by atoms with E-state index in [0.29, 0.717) is 37.2 Å². The number of hydrogen-bond acceptors (Lipinski definition) is 3. The molecule has 1 N–H and O–H groups in total. The monoisotopic (exact) mass is 293 g/mol. The molecule has 1 aliphatic heterocycles. The minimum atomic E-state index is -0.864. The first-order valence-corrected chi connectivity index (χ1v) is 8.59. The molecule has 2 unspecified atom stereocenters. The highest BCUT2D eigenvalue weighted by Gasteiger charge is 2.54. The van der Waals surface area contributed by atoms with Crippen LogP contribution >= 0.6 is 0 Å². The lowest BCUT2D eigenvalue weighted by molar-refractivity contribution is -0.171. The van der Waals surface area contributed by atoms with Crippen molar-refractivity contribution in [2.45, 2.75) is 77.9 Å². The molecular formula is C18H31NO2. The third-order valence-corrected chi connectivity index (χ3v) is 6.06. The van der Waals surface area contributed by atoms with E-state index < -0.39 is 11.0 Å². The van der Waals surface area contributed by atoms with Crippen LogP contribution in [0.2, 0.25) is 0 Å². The van der Waals surface area contributed by atoms with E-state index in [0.717, 1.165) is 25.7 Å². The fourth-order valence-corrected chi connectivity index (χ4v) is 4.22. The Kier molecular flexibility index (Phi) is 5.00. The number of aliphatic hydroxyl groups is 1. The van der Waals surface area contributed by atoms with Gasteiger partial charge in [-0.25, -0.2) is 0 Å². The molecule has 1 aliphatic carbocycles. The van der Waals surface area contributed by atoms with Gasteiger partial charge in [0.15, 0.2) is 0 Å². The molecule has 0 aromatic rings. The van der Waals surface area contributed by atoms with Crippen LogP contribution in [0.3, 0.4) is 0 Å². The Morgan fingerprint density at radius 2 is 1.71 bits per heavy atom. The number of hydrogen-bond donors (Lipinski definition) is 1. The average Bonchev–Trinajstić information content (AvgIpc) is 2.47. The molecule has 2 fully saturated rings. The summed E-state index contributed by atoms with van der Waals surface area (Å²) in [6.07, 6.45) is 5.13. The summed E-state index contributed by atoms with van der Waals surface area (Å²) in [6, 6.07) is 2.54. The molecule has 2 aliphatic rings. The summed E-state index contributed by atoms with van der Waals surface area (Å²) in [5.74, 6) is 1.77. The van der Waals surface area contributed by atoms with E-state index in [2.05, 4.69) is 33.8 Å². The van der Waals surface area contributed by atoms with Gasteiger partial charge in [0.2, 0.25) is 0 Å². The highest BCUT2D eigenvalue weighted by molar-refractivity contribution is 5.14. The van der Waals surface area contributed by atoms with E-state index >= 15 is 0 Å². The van der Waals surface area contributed by atoms with E-state index in [1.807, 2.05) is 0 Å². The molecule has 3 nitrogen and oxygen atoms in total. The van der Waals surface area contributed by atoms with Crippen LogP contribution in [0.5, 0.6) is 0 Å². The predicted octanol–water partition coefficient (Wildman–Crippen LogP) is 3.91. The van der Waals surface area contributed by atoms with E-state index in [4.69, 9.17) is 4.74 Å². The van der Waals surface area contributed by atoms with Crippen LogP contribution in [0, 0.1) is 34.5 Å². The smallest absolute Gasteiger partial charge is 0.0879 e. The zero-order chi connectivity index (χ0) is 15.7. The fraction of sp³-hybridized carbons (Fsp3) is 0.944. The van der Waals surface area contributed by atoms with Crippen LogP contribution in [0.25, 0.3) is 0 Å². The maximum absolute atomic E-state index is 11.3. The van der Waals surface area contributed by atoms with Crippen LogP contribution in [-0.2, 0) is 4.74 Å². The standard InChI is InChI=1S/C18H31NO2/c1-13(2)15-5-7-17(12-19,8-6-15)18(20)9-10-21-16(11-18)14(3)4/h13-16,20H,5-11H2,1-4H3. The van der Waals surface area contributed by atoms with E-state index in [1.165, 1.54) is 0 Å². The molecule has 0 aromatic heterocycles. The lowest BCUT2D eigenvalue weighted by Crippen LogP contribution is -2.55. The van der Waals surface area contributed by atoms with Crippen LogP contribution in [0.4, 0.5) is 0 Å². The Labute approximate surface area is 129 Å². The highest BCUT2D eigenvalue weighted by Crippen LogP contribution is 2.52. The Balaban J connectivity index is 2.15. The van der Waals surface area contributed by atoms with E-state index in [-0.39, 0.29) is 6.10 Å². The zero-order valence-electron chi connectivity index (χ0n) is 14.1. The Bertz CT molecular complexity index is 391. The molecule has 0 radical (unpaired) electrons. The van der Waals surface area contributed by atoms with E-state index in [1.54, 1.807) is 0 Å². The lowest BCUT2D eigenvalue weighted by atomic mass is 9.58. The van der Waals surface area contributed by atoms with Gasteiger partial charge in [0.1, 0.15) is 0 Å². The van der Waals surface area contributed by atoms with Crippen LogP contribution < -0.4 is 0 Å². The second-order valence-electron chi connectivity index (χ2n) is 7.91. The number of rotatable bonds is 3. The van der Waals surface area contributed by atoms with Crippen molar-refractivity contribution in [3.8, 4) is 6.07 Å². The maximum Gasteiger partial charge on any atom is 0.0879 e. The van der Waals surface area contributed by atoms with Crippen LogP contribution in [-0.4, -0.2) is 23.4 Å². The van der Waals surface area contributed by atoms with Crippen LogP contribution in [0.1, 0.15) is 66.2 Å². The minimum Gasteiger partial charge on any atom is -0.388 e. The Hall–Kier alpha value is -0.590. The third kappa shape index (κ3) is 3.12. The van der Waals surface area contributed by atoms with Gasteiger partial charge in [-0.05, 0) is 43.4 Å². The first-order chi connectivity index (χ1) is 9.83. The Morgan fingerprint density at radius 1 is 1.10 bits per heavy atom. The minimum absolute atomic E-state index is 0.0804. The molecule has 21 heavy (non-hydrogen) atoms. The zero-order valence-corrected chi connectivity index (χ0v) is 14.1. The lowest BCUT2D eigenvalue weighted by Gasteiger charge is -2.50. The second kappa shape index (κ2) is 6.26. The Morgan fingerprint density at radius 3 is 2.19 bits per heavy atom. The van der Waals surface area contributed by atoms with Crippen molar-refractivity contribution >= 4 is 0 Å². The van der Waals surface area contributed by atoms with Crippen molar-refractivity contribution in [2.75, 3.05) is 6.61 Å². The largest absolute Gasteiger partial charge is 0.388 e. The summed E-state index contributed by atoms with van der Waals surface area (Å²) in [5, 5.41) is 21.1. The average molecular weight is 293 g/mol. The molecule has 2 rings (SSSR count). The van der Waals surface area contributed by atoms with Gasteiger partial charge in [-0.2, -0.15) is 5.26 Å². The first kappa shape index (κ1) is 16.8. The van der Waals surface area contributed by atoms with Crippen molar-refractivity contribution in [2.24, 2.45) is 23.2 Å². The molecule has 1 saturated heterocycles. The van der Waals surface area contributed by atoms with Crippen molar-refractivity contribution in [1.82, 2.24) is 0 Å². The molecule has 2 atom stereocenters. The second-order valence-corrected chi connectivity index (χ2v) is 7.91. The van der Waals surface area contributed by atoms with Gasteiger partial charge in [0.05, 0.1) is 23.2 Å². The summed E-state index contributed by atoms with van der Waals surface area (Å²) in [5.41, 5.74) is -1.42. The number of ether oxygens (including phenoxy) is 1. The normalized spacial score (nSPS) is 41.2. The summed E-state index contributed by atoms with van der Waals surface area (Å²) in [4.78, 5) is 0. The van der Waals surface area contributed by atoms with Crippen molar-refractivity contribution in [3.63, 3.8) is 0 Å². The molecule has 0 bridgehead atoms. The fourth-order valence-electron chi connectivity index (χ4n) is 4.22. The van der Waals surface area contributed by atoms with Gasteiger partial charge in [-0.1, -0.05) is 27.7 Å². The quantitative estimate of drug-likeness (QED) is 0.858. The molecule has 1 saturated carbocycles. The molecule has 1 heterocycles. The van der Waals surface area contributed by atoms with Crippen molar-refractivity contribution in [1.29, 1.82) is 5.26 Å². The molecule has 0 aromatic carbocycles. The summed E-state index contributed by atoms with van der Waals surface area (Å²) in [6.45, 7) is 9.37. The third-order valence-electron chi connectivity index (χ3n) is 6.06.